The Morgan fingerprint density at radius 2 is 2.25 bits per heavy atom. The van der Waals surface area contributed by atoms with Gasteiger partial charge in [0.05, 0.1) is 34.5 Å². The molecule has 0 aliphatic carbocycles. The fourth-order valence-corrected chi connectivity index (χ4v) is 3.83. The summed E-state index contributed by atoms with van der Waals surface area (Å²) < 4.78 is 47.5. The molecule has 0 unspecified atom stereocenters. The number of nitrogens with zero attached hydrogens (tertiary/aromatic N) is 2. The molecule has 1 aliphatic heterocycles. The number of halogens is 2. The Balaban J connectivity index is 1.69. The maximum atomic E-state index is 13.2. The van der Waals surface area contributed by atoms with Crippen molar-refractivity contribution in [2.75, 3.05) is 11.3 Å². The molecule has 0 saturated carbocycles. The highest BCUT2D eigenvalue weighted by molar-refractivity contribution is 7.92. The van der Waals surface area contributed by atoms with Crippen LogP contribution in [0.5, 0.6) is 0 Å². The highest BCUT2D eigenvalue weighted by Crippen LogP contribution is 2.22. The topological polar surface area (TPSA) is 73.2 Å². The Labute approximate surface area is 144 Å². The van der Waals surface area contributed by atoms with Crippen LogP contribution in [0.3, 0.4) is 0 Å². The molecule has 0 bridgehead atoms. The summed E-state index contributed by atoms with van der Waals surface area (Å²) in [6, 6.07) is 3.24. The summed E-state index contributed by atoms with van der Waals surface area (Å²) in [4.78, 5) is -0.114. The predicted octanol–water partition coefficient (Wildman–Crippen LogP) is 3.05. The minimum absolute atomic E-state index is 0.0963. The molecule has 1 aliphatic rings. The molecule has 9 heteroatoms. The van der Waals surface area contributed by atoms with Crippen LogP contribution in [0, 0.1) is 5.82 Å². The number of aromatic nitrogens is 2. The second-order valence-electron chi connectivity index (χ2n) is 5.62. The summed E-state index contributed by atoms with van der Waals surface area (Å²) >= 11 is 5.64. The van der Waals surface area contributed by atoms with Gasteiger partial charge in [0.15, 0.2) is 0 Å². The summed E-state index contributed by atoms with van der Waals surface area (Å²) in [5.41, 5.74) is 0.325. The first-order valence-electron chi connectivity index (χ1n) is 7.56. The molecule has 1 atom stereocenters. The van der Waals surface area contributed by atoms with Crippen molar-refractivity contribution in [1.29, 1.82) is 0 Å². The van der Waals surface area contributed by atoms with Gasteiger partial charge in [-0.3, -0.25) is 9.40 Å². The van der Waals surface area contributed by atoms with Gasteiger partial charge in [-0.1, -0.05) is 11.6 Å². The molecule has 6 nitrogen and oxygen atoms in total. The van der Waals surface area contributed by atoms with Gasteiger partial charge in [-0.25, -0.2) is 12.8 Å². The van der Waals surface area contributed by atoms with Crippen LogP contribution in [0.4, 0.5) is 10.1 Å². The summed E-state index contributed by atoms with van der Waals surface area (Å²) in [5.74, 6) is -0.670. The molecule has 2 aromatic rings. The number of hydrogen-bond acceptors (Lipinski definition) is 4. The van der Waals surface area contributed by atoms with Gasteiger partial charge in [0.1, 0.15) is 5.82 Å². The smallest absolute Gasteiger partial charge is 0.262 e. The lowest BCUT2D eigenvalue weighted by atomic mass is 10.1. The van der Waals surface area contributed by atoms with Crippen LogP contribution in [-0.4, -0.2) is 30.9 Å². The molecule has 1 N–H and O–H groups in total. The molecule has 1 aromatic carbocycles. The molecule has 0 radical (unpaired) electrons. The number of sulfonamides is 1. The number of hydrogen-bond donors (Lipinski definition) is 1. The van der Waals surface area contributed by atoms with Gasteiger partial charge in [0, 0.05) is 12.8 Å². The van der Waals surface area contributed by atoms with Crippen LogP contribution in [0.15, 0.2) is 35.5 Å². The zero-order valence-electron chi connectivity index (χ0n) is 12.8. The van der Waals surface area contributed by atoms with Gasteiger partial charge in [-0.05, 0) is 37.5 Å². The van der Waals surface area contributed by atoms with Crippen molar-refractivity contribution in [2.24, 2.45) is 0 Å². The summed E-state index contributed by atoms with van der Waals surface area (Å²) in [5, 5.41) is 3.90. The molecule has 1 fully saturated rings. The lowest BCUT2D eigenvalue weighted by Gasteiger charge is -2.22. The fourth-order valence-electron chi connectivity index (χ4n) is 2.53. The fraction of sp³-hybridized carbons (Fsp3) is 0.400. The van der Waals surface area contributed by atoms with Crippen molar-refractivity contribution < 1.29 is 17.5 Å². The Bertz CT molecular complexity index is 819. The SMILES string of the molecule is O=S(=O)(Nc1cnn(C[C@@H]2CCCCO2)c1)c1ccc(F)c(Cl)c1. The number of ether oxygens (including phenoxy) is 1. The molecule has 3 rings (SSSR count). The van der Waals surface area contributed by atoms with Crippen molar-refractivity contribution >= 4 is 27.3 Å². The van der Waals surface area contributed by atoms with E-state index in [4.69, 9.17) is 16.3 Å². The molecular weight excluding hydrogens is 357 g/mol. The average Bonchev–Trinajstić information content (AvgIpc) is 2.97. The van der Waals surface area contributed by atoms with Crippen LogP contribution in [0.25, 0.3) is 0 Å². The molecule has 1 aromatic heterocycles. The van der Waals surface area contributed by atoms with Gasteiger partial charge in [-0.2, -0.15) is 5.10 Å². The lowest BCUT2D eigenvalue weighted by molar-refractivity contribution is 0.00401. The van der Waals surface area contributed by atoms with Crippen LogP contribution in [0.1, 0.15) is 19.3 Å². The maximum absolute atomic E-state index is 13.2. The van der Waals surface area contributed by atoms with Crippen LogP contribution in [0.2, 0.25) is 5.02 Å². The minimum Gasteiger partial charge on any atom is -0.376 e. The molecule has 0 spiro atoms. The molecule has 130 valence electrons. The first-order chi connectivity index (χ1) is 11.4. The monoisotopic (exact) mass is 373 g/mol. The van der Waals surface area contributed by atoms with Gasteiger partial charge in [0.2, 0.25) is 0 Å². The molecule has 1 saturated heterocycles. The van der Waals surface area contributed by atoms with Gasteiger partial charge in [-0.15, -0.1) is 0 Å². The molecule has 24 heavy (non-hydrogen) atoms. The quantitative estimate of drug-likeness (QED) is 0.874. The van der Waals surface area contributed by atoms with Gasteiger partial charge < -0.3 is 4.74 Å². The van der Waals surface area contributed by atoms with Crippen molar-refractivity contribution in [2.45, 2.75) is 36.8 Å². The second kappa shape index (κ2) is 7.08. The van der Waals surface area contributed by atoms with Crippen molar-refractivity contribution in [3.05, 3.63) is 41.4 Å². The molecule has 2 heterocycles. The van der Waals surface area contributed by atoms with E-state index in [0.29, 0.717) is 12.2 Å². The Morgan fingerprint density at radius 3 is 2.96 bits per heavy atom. The van der Waals surface area contributed by atoms with E-state index in [0.717, 1.165) is 44.1 Å². The Morgan fingerprint density at radius 1 is 1.42 bits per heavy atom. The number of rotatable bonds is 5. The van der Waals surface area contributed by atoms with Crippen molar-refractivity contribution in [3.63, 3.8) is 0 Å². The van der Waals surface area contributed by atoms with E-state index in [1.807, 2.05) is 0 Å². The third-order valence-corrected chi connectivity index (χ3v) is 5.42. The minimum atomic E-state index is -3.86. The summed E-state index contributed by atoms with van der Waals surface area (Å²) in [7, 11) is -3.86. The second-order valence-corrected chi connectivity index (χ2v) is 7.71. The number of nitrogens with one attached hydrogen (secondary N) is 1. The normalized spacial score (nSPS) is 18.5. The Kier molecular flexibility index (Phi) is 5.07. The predicted molar refractivity (Wildman–Crippen MR) is 88.0 cm³/mol. The van der Waals surface area contributed by atoms with Crippen LogP contribution in [-0.2, 0) is 21.3 Å². The van der Waals surface area contributed by atoms with E-state index in [9.17, 15) is 12.8 Å². The van der Waals surface area contributed by atoms with Gasteiger partial charge >= 0.3 is 0 Å². The third-order valence-electron chi connectivity index (χ3n) is 3.75. The van der Waals surface area contributed by atoms with Crippen molar-refractivity contribution in [3.8, 4) is 0 Å². The molecular formula is C15H17ClFN3O3S. The summed E-state index contributed by atoms with van der Waals surface area (Å²) in [6.07, 6.45) is 6.28. The van der Waals surface area contributed by atoms with E-state index in [1.54, 1.807) is 10.9 Å². The van der Waals surface area contributed by atoms with Gasteiger partial charge in [0.25, 0.3) is 10.0 Å². The average molecular weight is 374 g/mol. The van der Waals surface area contributed by atoms with E-state index in [2.05, 4.69) is 9.82 Å². The maximum Gasteiger partial charge on any atom is 0.262 e. The number of anilines is 1. The van der Waals surface area contributed by atoms with E-state index >= 15 is 0 Å². The third kappa shape index (κ3) is 4.06. The highest BCUT2D eigenvalue weighted by atomic mass is 35.5. The Hall–Kier alpha value is -1.64. The van der Waals surface area contributed by atoms with E-state index in [1.165, 1.54) is 6.20 Å². The summed E-state index contributed by atoms with van der Waals surface area (Å²) in [6.45, 7) is 1.32. The first kappa shape index (κ1) is 17.2. The van der Waals surface area contributed by atoms with Crippen LogP contribution >= 0.6 is 11.6 Å². The number of benzene rings is 1. The largest absolute Gasteiger partial charge is 0.376 e. The zero-order valence-corrected chi connectivity index (χ0v) is 14.4. The van der Waals surface area contributed by atoms with E-state index < -0.39 is 15.8 Å². The molecule has 0 amide bonds. The van der Waals surface area contributed by atoms with Crippen LogP contribution < -0.4 is 4.72 Å². The van der Waals surface area contributed by atoms with Crippen molar-refractivity contribution in [1.82, 2.24) is 9.78 Å². The lowest BCUT2D eigenvalue weighted by Crippen LogP contribution is -2.24. The zero-order chi connectivity index (χ0) is 17.2. The highest BCUT2D eigenvalue weighted by Gasteiger charge is 2.18. The van der Waals surface area contributed by atoms with E-state index in [-0.39, 0.29) is 16.0 Å². The first-order valence-corrected chi connectivity index (χ1v) is 9.42. The standard InChI is InChI=1S/C15H17ClFN3O3S/c16-14-7-13(4-5-15(14)17)24(21,22)19-11-8-18-20(9-11)10-12-3-1-2-6-23-12/h4-5,7-9,12,19H,1-3,6,10H2/t12-/m0/s1.